The Morgan fingerprint density at radius 2 is 2.00 bits per heavy atom. The highest BCUT2D eigenvalue weighted by Gasteiger charge is 2.26. The van der Waals surface area contributed by atoms with Crippen molar-refractivity contribution in [3.8, 4) is 0 Å². The lowest BCUT2D eigenvalue weighted by Crippen LogP contribution is -2.37. The van der Waals surface area contributed by atoms with Gasteiger partial charge in [-0.2, -0.15) is 0 Å². The molecule has 0 saturated carbocycles. The first-order valence-corrected chi connectivity index (χ1v) is 5.39. The summed E-state index contributed by atoms with van der Waals surface area (Å²) in [5.74, 6) is -0.105. The molecule has 2 rings (SSSR count). The molecule has 0 aromatic heterocycles. The molecule has 1 aliphatic heterocycles. The van der Waals surface area contributed by atoms with Gasteiger partial charge in [0, 0.05) is 25.2 Å². The number of aliphatic hydroxyl groups is 2. The maximum absolute atomic E-state index is 9.20. The SMILES string of the molecule is OCC(CO)[C@@H]1NCCc2ccccc21. The van der Waals surface area contributed by atoms with Crippen LogP contribution in [0.1, 0.15) is 17.2 Å². The molecule has 0 amide bonds. The van der Waals surface area contributed by atoms with Gasteiger partial charge in [-0.3, -0.25) is 0 Å². The van der Waals surface area contributed by atoms with Crippen molar-refractivity contribution >= 4 is 0 Å². The lowest BCUT2D eigenvalue weighted by molar-refractivity contribution is 0.118. The number of nitrogens with one attached hydrogen (secondary N) is 1. The molecule has 1 atom stereocenters. The van der Waals surface area contributed by atoms with Crippen molar-refractivity contribution in [3.63, 3.8) is 0 Å². The first kappa shape index (κ1) is 10.6. The van der Waals surface area contributed by atoms with Crippen LogP contribution in [0.3, 0.4) is 0 Å². The third-order valence-corrected chi connectivity index (χ3v) is 3.09. The average Bonchev–Trinajstić information content (AvgIpc) is 2.31. The van der Waals surface area contributed by atoms with E-state index in [9.17, 15) is 10.2 Å². The Bertz CT molecular complexity index is 323. The Labute approximate surface area is 89.8 Å². The summed E-state index contributed by atoms with van der Waals surface area (Å²) < 4.78 is 0. The van der Waals surface area contributed by atoms with Crippen LogP contribution in [0, 0.1) is 5.92 Å². The molecule has 1 aromatic rings. The number of hydrogen-bond donors (Lipinski definition) is 3. The molecule has 1 aromatic carbocycles. The third-order valence-electron chi connectivity index (χ3n) is 3.09. The topological polar surface area (TPSA) is 52.5 Å². The van der Waals surface area contributed by atoms with E-state index in [2.05, 4.69) is 17.4 Å². The van der Waals surface area contributed by atoms with Crippen LogP contribution >= 0.6 is 0 Å². The van der Waals surface area contributed by atoms with Crippen molar-refractivity contribution in [2.24, 2.45) is 5.92 Å². The van der Waals surface area contributed by atoms with Crippen molar-refractivity contribution in [2.45, 2.75) is 12.5 Å². The van der Waals surface area contributed by atoms with Crippen LogP contribution in [0.25, 0.3) is 0 Å². The van der Waals surface area contributed by atoms with Crippen LogP contribution in [0.4, 0.5) is 0 Å². The van der Waals surface area contributed by atoms with E-state index in [1.165, 1.54) is 11.1 Å². The van der Waals surface area contributed by atoms with Crippen LogP contribution in [-0.4, -0.2) is 30.0 Å². The molecule has 0 aliphatic carbocycles. The van der Waals surface area contributed by atoms with Gasteiger partial charge in [0.15, 0.2) is 0 Å². The highest BCUT2D eigenvalue weighted by molar-refractivity contribution is 5.32. The maximum atomic E-state index is 9.20. The number of benzene rings is 1. The van der Waals surface area contributed by atoms with Gasteiger partial charge in [-0.15, -0.1) is 0 Å². The highest BCUT2D eigenvalue weighted by atomic mass is 16.3. The standard InChI is InChI=1S/C12H17NO2/c14-7-10(8-15)12-11-4-2-1-3-9(11)5-6-13-12/h1-4,10,12-15H,5-8H2/t12-/m0/s1. The van der Waals surface area contributed by atoms with Gasteiger partial charge in [0.2, 0.25) is 0 Å². The van der Waals surface area contributed by atoms with Gasteiger partial charge < -0.3 is 15.5 Å². The van der Waals surface area contributed by atoms with E-state index in [4.69, 9.17) is 0 Å². The Hall–Kier alpha value is -0.900. The zero-order valence-corrected chi connectivity index (χ0v) is 8.69. The second-order valence-corrected chi connectivity index (χ2v) is 4.01. The van der Waals surface area contributed by atoms with Crippen molar-refractivity contribution in [1.82, 2.24) is 5.32 Å². The highest BCUT2D eigenvalue weighted by Crippen LogP contribution is 2.28. The van der Waals surface area contributed by atoms with Crippen LogP contribution in [0.2, 0.25) is 0 Å². The number of rotatable bonds is 3. The zero-order valence-electron chi connectivity index (χ0n) is 8.69. The Balaban J connectivity index is 2.28. The van der Waals surface area contributed by atoms with Gasteiger partial charge in [-0.05, 0) is 24.1 Å². The van der Waals surface area contributed by atoms with Gasteiger partial charge >= 0.3 is 0 Å². The molecular weight excluding hydrogens is 190 g/mol. The van der Waals surface area contributed by atoms with Crippen molar-refractivity contribution in [1.29, 1.82) is 0 Å². The molecule has 0 radical (unpaired) electrons. The third kappa shape index (κ3) is 2.04. The summed E-state index contributed by atoms with van der Waals surface area (Å²) in [5, 5.41) is 21.8. The Kier molecular flexibility index (Phi) is 3.36. The van der Waals surface area contributed by atoms with Crippen LogP contribution in [0.15, 0.2) is 24.3 Å². The summed E-state index contributed by atoms with van der Waals surface area (Å²) in [6, 6.07) is 8.32. The van der Waals surface area contributed by atoms with E-state index >= 15 is 0 Å². The molecule has 3 heteroatoms. The summed E-state index contributed by atoms with van der Waals surface area (Å²) in [4.78, 5) is 0. The van der Waals surface area contributed by atoms with Gasteiger partial charge in [0.05, 0.1) is 0 Å². The zero-order chi connectivity index (χ0) is 10.7. The first-order valence-electron chi connectivity index (χ1n) is 5.39. The average molecular weight is 207 g/mol. The molecule has 0 saturated heterocycles. The predicted molar refractivity (Wildman–Crippen MR) is 58.6 cm³/mol. The molecule has 3 nitrogen and oxygen atoms in total. The fourth-order valence-electron chi connectivity index (χ4n) is 2.23. The van der Waals surface area contributed by atoms with E-state index in [0.717, 1.165) is 13.0 Å². The Morgan fingerprint density at radius 3 is 2.73 bits per heavy atom. The lowest BCUT2D eigenvalue weighted by Gasteiger charge is -2.31. The number of aliphatic hydroxyl groups excluding tert-OH is 2. The minimum absolute atomic E-state index is 0.0164. The predicted octanol–water partition coefficient (Wildman–Crippen LogP) is 0.474. The second-order valence-electron chi connectivity index (χ2n) is 4.01. The number of fused-ring (bicyclic) bond motifs is 1. The largest absolute Gasteiger partial charge is 0.396 e. The molecule has 15 heavy (non-hydrogen) atoms. The number of hydrogen-bond acceptors (Lipinski definition) is 3. The van der Waals surface area contributed by atoms with E-state index in [-0.39, 0.29) is 25.2 Å². The summed E-state index contributed by atoms with van der Waals surface area (Å²) >= 11 is 0. The summed E-state index contributed by atoms with van der Waals surface area (Å²) in [6.45, 7) is 0.948. The molecule has 3 N–H and O–H groups in total. The molecule has 0 unspecified atom stereocenters. The maximum Gasteiger partial charge on any atom is 0.0499 e. The monoisotopic (exact) mass is 207 g/mol. The Morgan fingerprint density at radius 1 is 1.27 bits per heavy atom. The van der Waals surface area contributed by atoms with Gasteiger partial charge in [-0.25, -0.2) is 0 Å². The summed E-state index contributed by atoms with van der Waals surface area (Å²) in [6.07, 6.45) is 1.02. The molecule has 0 fully saturated rings. The van der Waals surface area contributed by atoms with E-state index in [1.54, 1.807) is 0 Å². The normalized spacial score (nSPS) is 20.3. The fraction of sp³-hybridized carbons (Fsp3) is 0.500. The fourth-order valence-corrected chi connectivity index (χ4v) is 2.23. The van der Waals surface area contributed by atoms with Crippen LogP contribution in [0.5, 0.6) is 0 Å². The van der Waals surface area contributed by atoms with E-state index in [1.807, 2.05) is 12.1 Å². The molecule has 1 aliphatic rings. The first-order chi connectivity index (χ1) is 7.36. The molecule has 1 heterocycles. The van der Waals surface area contributed by atoms with Crippen molar-refractivity contribution in [2.75, 3.05) is 19.8 Å². The second kappa shape index (κ2) is 4.75. The minimum atomic E-state index is -0.105. The summed E-state index contributed by atoms with van der Waals surface area (Å²) in [5.41, 5.74) is 2.55. The van der Waals surface area contributed by atoms with Crippen molar-refractivity contribution < 1.29 is 10.2 Å². The minimum Gasteiger partial charge on any atom is -0.396 e. The van der Waals surface area contributed by atoms with Crippen molar-refractivity contribution in [3.05, 3.63) is 35.4 Å². The quantitative estimate of drug-likeness (QED) is 0.675. The molecular formula is C12H17NO2. The van der Waals surface area contributed by atoms with Gasteiger partial charge in [0.25, 0.3) is 0 Å². The smallest absolute Gasteiger partial charge is 0.0499 e. The van der Waals surface area contributed by atoms with Gasteiger partial charge in [-0.1, -0.05) is 24.3 Å². The van der Waals surface area contributed by atoms with Crippen LogP contribution < -0.4 is 5.32 Å². The lowest BCUT2D eigenvalue weighted by atomic mass is 9.87. The van der Waals surface area contributed by atoms with Gasteiger partial charge in [0.1, 0.15) is 0 Å². The summed E-state index contributed by atoms with van der Waals surface area (Å²) in [7, 11) is 0. The van der Waals surface area contributed by atoms with Crippen LogP contribution in [-0.2, 0) is 6.42 Å². The van der Waals surface area contributed by atoms with E-state index in [0.29, 0.717) is 0 Å². The molecule has 0 bridgehead atoms. The van der Waals surface area contributed by atoms with E-state index < -0.39 is 0 Å². The molecule has 82 valence electrons. The molecule has 0 spiro atoms.